The Balaban J connectivity index is 2.10. The quantitative estimate of drug-likeness (QED) is 0.832. The molecule has 0 fully saturated rings. The number of imidazole rings is 1. The number of halogens is 1. The Hall–Kier alpha value is -1.13. The SMILES string of the molecule is NCCCCc1ncc(-c2ccccc2Br)[nH]1. The molecule has 17 heavy (non-hydrogen) atoms. The van der Waals surface area contributed by atoms with Gasteiger partial charge in [-0.2, -0.15) is 0 Å². The highest BCUT2D eigenvalue weighted by atomic mass is 79.9. The number of aryl methyl sites for hydroxylation is 1. The van der Waals surface area contributed by atoms with Gasteiger partial charge in [-0.05, 0) is 25.5 Å². The second kappa shape index (κ2) is 5.98. The summed E-state index contributed by atoms with van der Waals surface area (Å²) in [4.78, 5) is 7.74. The smallest absolute Gasteiger partial charge is 0.106 e. The van der Waals surface area contributed by atoms with Crippen LogP contribution in [-0.2, 0) is 6.42 Å². The molecular formula is C13H16BrN3. The van der Waals surface area contributed by atoms with Crippen molar-refractivity contribution in [1.82, 2.24) is 9.97 Å². The number of unbranched alkanes of at least 4 members (excludes halogenated alkanes) is 1. The second-order valence-corrected chi connectivity index (χ2v) is 4.82. The van der Waals surface area contributed by atoms with Gasteiger partial charge in [0.05, 0.1) is 11.9 Å². The predicted molar refractivity (Wildman–Crippen MR) is 73.7 cm³/mol. The fraction of sp³-hybridized carbons (Fsp3) is 0.308. The molecule has 0 unspecified atom stereocenters. The van der Waals surface area contributed by atoms with Gasteiger partial charge < -0.3 is 10.7 Å². The standard InChI is InChI=1S/C13H16BrN3/c14-11-6-2-1-5-10(11)12-9-16-13(17-12)7-3-4-8-15/h1-2,5-6,9H,3-4,7-8,15H2,(H,16,17). The van der Waals surface area contributed by atoms with Gasteiger partial charge in [0, 0.05) is 16.5 Å². The molecule has 0 spiro atoms. The maximum absolute atomic E-state index is 5.47. The van der Waals surface area contributed by atoms with Crippen LogP contribution in [0.4, 0.5) is 0 Å². The zero-order valence-electron chi connectivity index (χ0n) is 9.62. The van der Waals surface area contributed by atoms with Crippen LogP contribution in [0.15, 0.2) is 34.9 Å². The molecule has 0 amide bonds. The minimum atomic E-state index is 0.748. The Labute approximate surface area is 110 Å². The molecule has 0 bridgehead atoms. The van der Waals surface area contributed by atoms with Crippen molar-refractivity contribution in [3.63, 3.8) is 0 Å². The minimum absolute atomic E-state index is 0.748. The monoisotopic (exact) mass is 293 g/mol. The largest absolute Gasteiger partial charge is 0.342 e. The molecular weight excluding hydrogens is 278 g/mol. The second-order valence-electron chi connectivity index (χ2n) is 3.97. The number of hydrogen-bond donors (Lipinski definition) is 2. The molecule has 1 aromatic heterocycles. The van der Waals surface area contributed by atoms with Gasteiger partial charge in [0.1, 0.15) is 5.82 Å². The van der Waals surface area contributed by atoms with Crippen molar-refractivity contribution in [2.45, 2.75) is 19.3 Å². The third kappa shape index (κ3) is 3.17. The normalized spacial score (nSPS) is 10.7. The first-order chi connectivity index (χ1) is 8.31. The zero-order valence-corrected chi connectivity index (χ0v) is 11.2. The number of H-pyrrole nitrogens is 1. The Morgan fingerprint density at radius 1 is 1.24 bits per heavy atom. The van der Waals surface area contributed by atoms with Crippen molar-refractivity contribution < 1.29 is 0 Å². The summed E-state index contributed by atoms with van der Waals surface area (Å²) in [6.07, 6.45) is 4.98. The first kappa shape index (κ1) is 12.3. The minimum Gasteiger partial charge on any atom is -0.342 e. The molecule has 0 aliphatic carbocycles. The number of rotatable bonds is 5. The fourth-order valence-electron chi connectivity index (χ4n) is 1.74. The molecule has 3 N–H and O–H groups in total. The van der Waals surface area contributed by atoms with Crippen LogP contribution < -0.4 is 5.73 Å². The van der Waals surface area contributed by atoms with E-state index in [0.29, 0.717) is 0 Å². The van der Waals surface area contributed by atoms with Gasteiger partial charge in [-0.3, -0.25) is 0 Å². The summed E-state index contributed by atoms with van der Waals surface area (Å²) in [6.45, 7) is 0.748. The van der Waals surface area contributed by atoms with Crippen molar-refractivity contribution >= 4 is 15.9 Å². The van der Waals surface area contributed by atoms with Gasteiger partial charge in [0.2, 0.25) is 0 Å². The fourth-order valence-corrected chi connectivity index (χ4v) is 2.24. The number of aromatic nitrogens is 2. The third-order valence-electron chi connectivity index (χ3n) is 2.66. The summed E-state index contributed by atoms with van der Waals surface area (Å²) >= 11 is 3.54. The highest BCUT2D eigenvalue weighted by Crippen LogP contribution is 2.26. The van der Waals surface area contributed by atoms with E-state index in [1.165, 1.54) is 0 Å². The van der Waals surface area contributed by atoms with Gasteiger partial charge in [-0.15, -0.1) is 0 Å². The lowest BCUT2D eigenvalue weighted by Crippen LogP contribution is -1.99. The van der Waals surface area contributed by atoms with Crippen molar-refractivity contribution in [2.75, 3.05) is 6.54 Å². The molecule has 0 saturated carbocycles. The van der Waals surface area contributed by atoms with Crippen molar-refractivity contribution in [3.05, 3.63) is 40.8 Å². The topological polar surface area (TPSA) is 54.7 Å². The molecule has 90 valence electrons. The predicted octanol–water partition coefficient (Wildman–Crippen LogP) is 3.12. The van der Waals surface area contributed by atoms with Gasteiger partial charge in [-0.25, -0.2) is 4.98 Å². The maximum atomic E-state index is 5.47. The molecule has 3 nitrogen and oxygen atoms in total. The van der Waals surface area contributed by atoms with Crippen LogP contribution in [0, 0.1) is 0 Å². The van der Waals surface area contributed by atoms with Crippen LogP contribution in [0.3, 0.4) is 0 Å². The molecule has 4 heteroatoms. The van der Waals surface area contributed by atoms with Gasteiger partial charge >= 0.3 is 0 Å². The first-order valence-corrected chi connectivity index (χ1v) is 6.59. The third-order valence-corrected chi connectivity index (χ3v) is 3.35. The molecule has 0 atom stereocenters. The van der Waals surface area contributed by atoms with E-state index in [-0.39, 0.29) is 0 Å². The number of nitrogens with two attached hydrogens (primary N) is 1. The highest BCUT2D eigenvalue weighted by molar-refractivity contribution is 9.10. The van der Waals surface area contributed by atoms with E-state index < -0.39 is 0 Å². The van der Waals surface area contributed by atoms with Gasteiger partial charge in [-0.1, -0.05) is 34.1 Å². The number of hydrogen-bond acceptors (Lipinski definition) is 2. The average Bonchev–Trinajstić information content (AvgIpc) is 2.79. The summed E-state index contributed by atoms with van der Waals surface area (Å²) in [5.41, 5.74) is 7.67. The van der Waals surface area contributed by atoms with Gasteiger partial charge in [0.15, 0.2) is 0 Å². The summed E-state index contributed by atoms with van der Waals surface area (Å²) in [7, 11) is 0. The van der Waals surface area contributed by atoms with E-state index in [2.05, 4.69) is 32.0 Å². The zero-order chi connectivity index (χ0) is 12.1. The van der Waals surface area contributed by atoms with Gasteiger partial charge in [0.25, 0.3) is 0 Å². The molecule has 1 heterocycles. The van der Waals surface area contributed by atoms with Crippen molar-refractivity contribution in [1.29, 1.82) is 0 Å². The number of benzene rings is 1. The number of aromatic amines is 1. The summed E-state index contributed by atoms with van der Waals surface area (Å²) in [6, 6.07) is 8.13. The van der Waals surface area contributed by atoms with Crippen LogP contribution in [0.2, 0.25) is 0 Å². The Bertz CT molecular complexity index is 479. The van der Waals surface area contributed by atoms with Crippen LogP contribution in [0.25, 0.3) is 11.3 Å². The average molecular weight is 294 g/mol. The molecule has 1 aromatic carbocycles. The van der Waals surface area contributed by atoms with Crippen LogP contribution in [-0.4, -0.2) is 16.5 Å². The molecule has 0 radical (unpaired) electrons. The van der Waals surface area contributed by atoms with Crippen LogP contribution >= 0.6 is 15.9 Å². The van der Waals surface area contributed by atoms with E-state index in [1.807, 2.05) is 24.4 Å². The van der Waals surface area contributed by atoms with E-state index in [0.717, 1.165) is 47.4 Å². The van der Waals surface area contributed by atoms with E-state index >= 15 is 0 Å². The molecule has 0 aliphatic heterocycles. The van der Waals surface area contributed by atoms with Crippen molar-refractivity contribution in [3.8, 4) is 11.3 Å². The van der Waals surface area contributed by atoms with Crippen molar-refractivity contribution in [2.24, 2.45) is 5.73 Å². The van der Waals surface area contributed by atoms with E-state index in [4.69, 9.17) is 5.73 Å². The van der Waals surface area contributed by atoms with Crippen LogP contribution in [0.5, 0.6) is 0 Å². The van der Waals surface area contributed by atoms with Crippen LogP contribution in [0.1, 0.15) is 18.7 Å². The molecule has 2 aromatic rings. The Morgan fingerprint density at radius 2 is 2.06 bits per heavy atom. The lowest BCUT2D eigenvalue weighted by Gasteiger charge is -2.00. The Kier molecular flexibility index (Phi) is 4.34. The molecule has 2 rings (SSSR count). The summed E-state index contributed by atoms with van der Waals surface area (Å²) < 4.78 is 1.08. The molecule has 0 saturated heterocycles. The number of nitrogens with one attached hydrogen (secondary N) is 1. The Morgan fingerprint density at radius 3 is 2.82 bits per heavy atom. The highest BCUT2D eigenvalue weighted by Gasteiger charge is 2.05. The van der Waals surface area contributed by atoms with E-state index in [1.54, 1.807) is 0 Å². The lowest BCUT2D eigenvalue weighted by molar-refractivity contribution is 0.723. The number of nitrogens with zero attached hydrogens (tertiary/aromatic N) is 1. The maximum Gasteiger partial charge on any atom is 0.106 e. The summed E-state index contributed by atoms with van der Waals surface area (Å²) in [5.74, 6) is 1.03. The summed E-state index contributed by atoms with van der Waals surface area (Å²) in [5, 5.41) is 0. The lowest BCUT2D eigenvalue weighted by atomic mass is 10.2. The molecule has 0 aliphatic rings. The first-order valence-electron chi connectivity index (χ1n) is 5.80. The van der Waals surface area contributed by atoms with E-state index in [9.17, 15) is 0 Å².